The maximum Gasteiger partial charge on any atom is 0.154 e. The van der Waals surface area contributed by atoms with Crippen molar-refractivity contribution in [2.45, 2.75) is 13.3 Å². The fraction of sp³-hybridized carbons (Fsp3) is 0.286. The minimum atomic E-state index is 0.914. The van der Waals surface area contributed by atoms with Gasteiger partial charge in [-0.3, -0.25) is 0 Å². The lowest BCUT2D eigenvalue weighted by molar-refractivity contribution is 0.888. The van der Waals surface area contributed by atoms with Crippen molar-refractivity contribution in [1.82, 2.24) is 14.6 Å². The molecule has 20 heavy (non-hydrogen) atoms. The average Bonchev–Trinajstić information content (AvgIpc) is 3.03. The van der Waals surface area contributed by atoms with E-state index in [1.165, 1.54) is 15.4 Å². The first-order valence-electron chi connectivity index (χ1n) is 6.41. The van der Waals surface area contributed by atoms with Crippen molar-refractivity contribution in [3.8, 4) is 10.6 Å². The Hall–Kier alpha value is -1.15. The van der Waals surface area contributed by atoms with Gasteiger partial charge in [0.05, 0.1) is 16.1 Å². The zero-order valence-electron chi connectivity index (χ0n) is 11.6. The monoisotopic (exact) mass is 398 g/mol. The topological polar surface area (TPSA) is 33.4 Å². The second-order valence-corrected chi connectivity index (χ2v) is 6.86. The van der Waals surface area contributed by atoms with Gasteiger partial charge in [0.1, 0.15) is 9.39 Å². The van der Waals surface area contributed by atoms with Crippen LogP contribution in [0.5, 0.6) is 0 Å². The molecule has 104 valence electrons. The van der Waals surface area contributed by atoms with E-state index < -0.39 is 0 Å². The van der Waals surface area contributed by atoms with Gasteiger partial charge in [0.2, 0.25) is 0 Å². The highest BCUT2D eigenvalue weighted by molar-refractivity contribution is 14.1. The second kappa shape index (κ2) is 5.33. The highest BCUT2D eigenvalue weighted by atomic mass is 127. The SMILES string of the molecule is CCc1cc2nc(-c3ccc(N(C)C)s3)cn2nc1I. The van der Waals surface area contributed by atoms with E-state index in [4.69, 9.17) is 4.98 Å². The first kappa shape index (κ1) is 13.8. The maximum absolute atomic E-state index is 4.69. The third kappa shape index (κ3) is 2.42. The summed E-state index contributed by atoms with van der Waals surface area (Å²) in [4.78, 5) is 7.98. The normalized spacial score (nSPS) is 11.2. The van der Waals surface area contributed by atoms with Crippen LogP contribution >= 0.6 is 33.9 Å². The summed E-state index contributed by atoms with van der Waals surface area (Å²) in [6.45, 7) is 2.14. The first-order chi connectivity index (χ1) is 9.58. The van der Waals surface area contributed by atoms with Crippen LogP contribution in [-0.2, 0) is 6.42 Å². The zero-order chi connectivity index (χ0) is 14.3. The Labute approximate surface area is 135 Å². The van der Waals surface area contributed by atoms with Gasteiger partial charge in [-0.15, -0.1) is 11.3 Å². The lowest BCUT2D eigenvalue weighted by atomic mass is 10.2. The van der Waals surface area contributed by atoms with Crippen molar-refractivity contribution >= 4 is 44.6 Å². The molecule has 0 aromatic carbocycles. The van der Waals surface area contributed by atoms with Crippen molar-refractivity contribution < 1.29 is 0 Å². The van der Waals surface area contributed by atoms with Crippen molar-refractivity contribution in [1.29, 1.82) is 0 Å². The van der Waals surface area contributed by atoms with Gasteiger partial charge in [-0.1, -0.05) is 6.92 Å². The molecule has 0 unspecified atom stereocenters. The molecule has 0 spiro atoms. The number of imidazole rings is 1. The minimum absolute atomic E-state index is 0.914. The third-order valence-electron chi connectivity index (χ3n) is 3.14. The maximum atomic E-state index is 4.69. The molecule has 0 saturated carbocycles. The molecule has 0 aliphatic rings. The van der Waals surface area contributed by atoms with Crippen LogP contribution < -0.4 is 4.90 Å². The second-order valence-electron chi connectivity index (χ2n) is 4.78. The molecule has 4 nitrogen and oxygen atoms in total. The third-order valence-corrected chi connectivity index (χ3v) is 5.33. The summed E-state index contributed by atoms with van der Waals surface area (Å²) in [5, 5.41) is 5.80. The Kier molecular flexibility index (Phi) is 3.68. The summed E-state index contributed by atoms with van der Waals surface area (Å²) in [7, 11) is 4.10. The van der Waals surface area contributed by atoms with Crippen LogP contribution in [0.2, 0.25) is 0 Å². The van der Waals surface area contributed by atoms with Crippen molar-refractivity contribution in [3.63, 3.8) is 0 Å². The predicted octanol–water partition coefficient (Wildman–Crippen LogP) is 3.69. The van der Waals surface area contributed by atoms with E-state index >= 15 is 0 Å². The molecular formula is C14H15IN4S. The van der Waals surface area contributed by atoms with E-state index in [-0.39, 0.29) is 0 Å². The summed E-state index contributed by atoms with van der Waals surface area (Å²) in [6.07, 6.45) is 2.98. The Balaban J connectivity index is 2.07. The molecular weight excluding hydrogens is 383 g/mol. The van der Waals surface area contributed by atoms with Gasteiger partial charge in [-0.25, -0.2) is 9.50 Å². The Morgan fingerprint density at radius 1 is 1.35 bits per heavy atom. The van der Waals surface area contributed by atoms with E-state index in [9.17, 15) is 0 Å². The smallest absolute Gasteiger partial charge is 0.154 e. The molecule has 0 aliphatic carbocycles. The summed E-state index contributed by atoms with van der Waals surface area (Å²) in [6, 6.07) is 6.37. The molecule has 0 saturated heterocycles. The quantitative estimate of drug-likeness (QED) is 0.631. The number of aryl methyl sites for hydroxylation is 1. The average molecular weight is 398 g/mol. The molecule has 0 radical (unpaired) electrons. The fourth-order valence-corrected chi connectivity index (χ4v) is 3.66. The van der Waals surface area contributed by atoms with Gasteiger partial charge in [0, 0.05) is 14.1 Å². The van der Waals surface area contributed by atoms with E-state index in [1.807, 2.05) is 10.7 Å². The molecule has 3 aromatic heterocycles. The van der Waals surface area contributed by atoms with Gasteiger partial charge < -0.3 is 4.90 Å². The number of thiophene rings is 1. The van der Waals surface area contributed by atoms with Crippen molar-refractivity contribution in [3.05, 3.63) is 33.7 Å². The first-order valence-corrected chi connectivity index (χ1v) is 8.30. The molecule has 3 aromatic rings. The highest BCUT2D eigenvalue weighted by Crippen LogP contribution is 2.32. The number of fused-ring (bicyclic) bond motifs is 1. The van der Waals surface area contributed by atoms with Crippen molar-refractivity contribution in [2.24, 2.45) is 0 Å². The number of anilines is 1. The predicted molar refractivity (Wildman–Crippen MR) is 92.7 cm³/mol. The number of hydrogen-bond donors (Lipinski definition) is 0. The van der Waals surface area contributed by atoms with Crippen LogP contribution in [0.4, 0.5) is 5.00 Å². The molecule has 6 heteroatoms. The minimum Gasteiger partial charge on any atom is -0.370 e. The fourth-order valence-electron chi connectivity index (χ4n) is 2.01. The number of rotatable bonds is 3. The van der Waals surface area contributed by atoms with E-state index in [2.05, 4.69) is 71.8 Å². The summed E-state index contributed by atoms with van der Waals surface area (Å²) >= 11 is 4.03. The van der Waals surface area contributed by atoms with Gasteiger partial charge in [-0.2, -0.15) is 5.10 Å². The lowest BCUT2D eigenvalue weighted by Crippen LogP contribution is -2.05. The van der Waals surface area contributed by atoms with Gasteiger partial charge in [0.25, 0.3) is 0 Å². The number of halogens is 1. The van der Waals surface area contributed by atoms with Gasteiger partial charge in [0.15, 0.2) is 5.65 Å². The van der Waals surface area contributed by atoms with Crippen LogP contribution in [-0.4, -0.2) is 28.7 Å². The molecule has 0 atom stereocenters. The lowest BCUT2D eigenvalue weighted by Gasteiger charge is -2.06. The molecule has 3 rings (SSSR count). The van der Waals surface area contributed by atoms with Crippen LogP contribution in [0.25, 0.3) is 16.2 Å². The van der Waals surface area contributed by atoms with Gasteiger partial charge >= 0.3 is 0 Å². The summed E-state index contributed by atoms with van der Waals surface area (Å²) in [5.74, 6) is 0. The van der Waals surface area contributed by atoms with E-state index in [0.29, 0.717) is 0 Å². The van der Waals surface area contributed by atoms with Crippen LogP contribution in [0.1, 0.15) is 12.5 Å². The molecule has 0 amide bonds. The summed E-state index contributed by atoms with van der Waals surface area (Å²) in [5.41, 5.74) is 3.15. The summed E-state index contributed by atoms with van der Waals surface area (Å²) < 4.78 is 2.91. The Bertz CT molecular complexity index is 760. The molecule has 3 heterocycles. The molecule has 0 fully saturated rings. The van der Waals surface area contributed by atoms with Crippen LogP contribution in [0, 0.1) is 3.70 Å². The van der Waals surface area contributed by atoms with Crippen LogP contribution in [0.15, 0.2) is 24.4 Å². The molecule has 0 aliphatic heterocycles. The van der Waals surface area contributed by atoms with Gasteiger partial charge in [-0.05, 0) is 52.8 Å². The largest absolute Gasteiger partial charge is 0.370 e. The van der Waals surface area contributed by atoms with E-state index in [1.54, 1.807) is 11.3 Å². The number of aromatic nitrogens is 3. The zero-order valence-corrected chi connectivity index (χ0v) is 14.6. The van der Waals surface area contributed by atoms with Crippen molar-refractivity contribution in [2.75, 3.05) is 19.0 Å². The van der Waals surface area contributed by atoms with Crippen LogP contribution in [0.3, 0.4) is 0 Å². The Morgan fingerprint density at radius 3 is 2.80 bits per heavy atom. The Morgan fingerprint density at radius 2 is 2.15 bits per heavy atom. The molecule has 0 bridgehead atoms. The molecule has 0 N–H and O–H groups in total. The van der Waals surface area contributed by atoms with E-state index in [0.717, 1.165) is 21.5 Å². The number of hydrogen-bond acceptors (Lipinski definition) is 4. The standard InChI is InChI=1S/C14H15IN4S/c1-4-9-7-12-16-10(8-19(12)17-14(9)15)11-5-6-13(20-11)18(2)3/h5-8H,4H2,1-3H3. The number of nitrogens with zero attached hydrogens (tertiary/aromatic N) is 4. The highest BCUT2D eigenvalue weighted by Gasteiger charge is 2.11.